The molecule has 174 valence electrons. The zero-order valence-corrected chi connectivity index (χ0v) is 19.1. The Bertz CT molecular complexity index is 465. The predicted octanol–water partition coefficient (Wildman–Crippen LogP) is 2.06. The lowest BCUT2D eigenvalue weighted by molar-refractivity contribution is -0.126. The van der Waals surface area contributed by atoms with Crippen molar-refractivity contribution in [2.45, 2.75) is 64.5 Å². The molecule has 0 saturated carbocycles. The summed E-state index contributed by atoms with van der Waals surface area (Å²) in [6, 6.07) is -1.08. The van der Waals surface area contributed by atoms with Gasteiger partial charge in [-0.15, -0.1) is 0 Å². The van der Waals surface area contributed by atoms with Crippen molar-refractivity contribution >= 4 is 12.2 Å². The van der Waals surface area contributed by atoms with Crippen molar-refractivity contribution in [3.05, 3.63) is 24.3 Å². The molecule has 7 heteroatoms. The molecule has 2 atom stereocenters. The van der Waals surface area contributed by atoms with Crippen LogP contribution in [0.3, 0.4) is 0 Å². The first-order valence-corrected chi connectivity index (χ1v) is 11.2. The Morgan fingerprint density at radius 3 is 2.17 bits per heavy atom. The fraction of sp³-hybridized carbons (Fsp3) is 0.739. The molecule has 3 N–H and O–H groups in total. The molecule has 0 aliphatic carbocycles. The second kappa shape index (κ2) is 20.7. The van der Waals surface area contributed by atoms with Crippen LogP contribution in [-0.4, -0.2) is 80.8 Å². The van der Waals surface area contributed by atoms with E-state index in [1.165, 1.54) is 0 Å². The van der Waals surface area contributed by atoms with E-state index in [0.29, 0.717) is 26.1 Å². The molecule has 0 aliphatic heterocycles. The zero-order valence-electron chi connectivity index (χ0n) is 19.1. The molecule has 0 rings (SSSR count). The molecule has 7 nitrogen and oxygen atoms in total. The highest BCUT2D eigenvalue weighted by Crippen LogP contribution is 2.02. The zero-order chi connectivity index (χ0) is 22.5. The minimum absolute atomic E-state index is 0.0895. The average Bonchev–Trinajstić information content (AvgIpc) is 2.75. The summed E-state index contributed by atoms with van der Waals surface area (Å²) in [6.07, 6.45) is 14.5. The summed E-state index contributed by atoms with van der Waals surface area (Å²) >= 11 is 0. The summed E-state index contributed by atoms with van der Waals surface area (Å²) in [6.45, 7) is 7.98. The van der Waals surface area contributed by atoms with Crippen molar-refractivity contribution in [2.24, 2.45) is 0 Å². The number of nitrogens with one attached hydrogen (secondary N) is 2. The SMILES string of the molecule is C/C=C\CCCN(CCC/C=C\C)CCOCCC(C=O)NC(=O)C(CCO)NC. The number of allylic oxidation sites excluding steroid dienone is 4. The number of unbranched alkanes of at least 4 members (excludes halogenated alkanes) is 2. The number of amides is 1. The number of aldehydes is 1. The molecule has 0 bridgehead atoms. The highest BCUT2D eigenvalue weighted by atomic mass is 16.5. The van der Waals surface area contributed by atoms with Crippen LogP contribution in [0, 0.1) is 0 Å². The maximum absolute atomic E-state index is 12.1. The fourth-order valence-electron chi connectivity index (χ4n) is 3.03. The van der Waals surface area contributed by atoms with Crippen molar-refractivity contribution in [2.75, 3.05) is 46.5 Å². The molecule has 0 aliphatic rings. The van der Waals surface area contributed by atoms with Crippen LogP contribution in [0.15, 0.2) is 24.3 Å². The van der Waals surface area contributed by atoms with Crippen molar-refractivity contribution in [1.29, 1.82) is 0 Å². The number of carbonyl (C=O) groups excluding carboxylic acids is 2. The maximum Gasteiger partial charge on any atom is 0.237 e. The van der Waals surface area contributed by atoms with Crippen LogP contribution in [-0.2, 0) is 14.3 Å². The first kappa shape index (κ1) is 28.5. The van der Waals surface area contributed by atoms with E-state index < -0.39 is 12.1 Å². The summed E-state index contributed by atoms with van der Waals surface area (Å²) < 4.78 is 5.73. The van der Waals surface area contributed by atoms with Gasteiger partial charge in [0.15, 0.2) is 0 Å². The third-order valence-electron chi connectivity index (χ3n) is 4.86. The van der Waals surface area contributed by atoms with Gasteiger partial charge in [0.2, 0.25) is 5.91 Å². The van der Waals surface area contributed by atoms with E-state index in [0.717, 1.165) is 51.6 Å². The van der Waals surface area contributed by atoms with Gasteiger partial charge >= 0.3 is 0 Å². The Labute approximate surface area is 182 Å². The van der Waals surface area contributed by atoms with Crippen LogP contribution in [0.25, 0.3) is 0 Å². The van der Waals surface area contributed by atoms with Crippen molar-refractivity contribution in [3.8, 4) is 0 Å². The molecular weight excluding hydrogens is 382 g/mol. The summed E-state index contributed by atoms with van der Waals surface area (Å²) in [5.41, 5.74) is 0. The van der Waals surface area contributed by atoms with Gasteiger partial charge < -0.3 is 30.2 Å². The molecule has 0 fully saturated rings. The van der Waals surface area contributed by atoms with E-state index in [1.807, 2.05) is 13.8 Å². The Morgan fingerprint density at radius 1 is 1.03 bits per heavy atom. The Balaban J connectivity index is 4.22. The second-order valence-electron chi connectivity index (χ2n) is 7.27. The lowest BCUT2D eigenvalue weighted by Crippen LogP contribution is -2.48. The molecule has 0 radical (unpaired) electrons. The quantitative estimate of drug-likeness (QED) is 0.157. The molecule has 0 spiro atoms. The minimum Gasteiger partial charge on any atom is -0.396 e. The number of ether oxygens (including phenoxy) is 1. The van der Waals surface area contributed by atoms with Gasteiger partial charge in [0.05, 0.1) is 18.7 Å². The van der Waals surface area contributed by atoms with Crippen molar-refractivity contribution < 1.29 is 19.4 Å². The second-order valence-corrected chi connectivity index (χ2v) is 7.27. The number of rotatable bonds is 20. The first-order valence-electron chi connectivity index (χ1n) is 11.2. The number of hydrogen-bond acceptors (Lipinski definition) is 6. The van der Waals surface area contributed by atoms with Gasteiger partial charge in [-0.05, 0) is 72.5 Å². The topological polar surface area (TPSA) is 90.9 Å². The largest absolute Gasteiger partial charge is 0.396 e. The van der Waals surface area contributed by atoms with Crippen molar-refractivity contribution in [3.63, 3.8) is 0 Å². The van der Waals surface area contributed by atoms with E-state index in [1.54, 1.807) is 7.05 Å². The summed E-state index contributed by atoms with van der Waals surface area (Å²) in [5, 5.41) is 14.5. The van der Waals surface area contributed by atoms with Crippen LogP contribution in [0.5, 0.6) is 0 Å². The van der Waals surface area contributed by atoms with Crippen molar-refractivity contribution in [1.82, 2.24) is 15.5 Å². The van der Waals surface area contributed by atoms with Crippen LogP contribution in [0.2, 0.25) is 0 Å². The smallest absolute Gasteiger partial charge is 0.237 e. The third-order valence-corrected chi connectivity index (χ3v) is 4.86. The lowest BCUT2D eigenvalue weighted by Gasteiger charge is -2.22. The predicted molar refractivity (Wildman–Crippen MR) is 123 cm³/mol. The minimum atomic E-state index is -0.579. The number of carbonyl (C=O) groups is 2. The van der Waals surface area contributed by atoms with E-state index >= 15 is 0 Å². The van der Waals surface area contributed by atoms with Gasteiger partial charge in [0, 0.05) is 19.8 Å². The highest BCUT2D eigenvalue weighted by Gasteiger charge is 2.19. The van der Waals surface area contributed by atoms with Crippen LogP contribution >= 0.6 is 0 Å². The molecule has 0 heterocycles. The Kier molecular flexibility index (Phi) is 19.7. The number of hydrogen-bond donors (Lipinski definition) is 3. The number of aliphatic hydroxyl groups is 1. The Hall–Kier alpha value is -1.54. The molecule has 1 amide bonds. The van der Waals surface area contributed by atoms with Gasteiger partial charge in [-0.3, -0.25) is 4.79 Å². The standard InChI is InChI=1S/C23H43N3O4/c1-4-6-8-10-14-26(15-11-9-7-5-2)16-19-30-18-13-21(20-28)25-23(29)22(24-3)12-17-27/h4-7,20-22,24,27H,8-19H2,1-3H3,(H,25,29)/b6-4-,7-5-. The van der Waals surface area contributed by atoms with Gasteiger partial charge in [-0.2, -0.15) is 0 Å². The van der Waals surface area contributed by atoms with Crippen LogP contribution < -0.4 is 10.6 Å². The molecule has 0 aromatic carbocycles. The highest BCUT2D eigenvalue weighted by molar-refractivity contribution is 5.84. The first-order chi connectivity index (χ1) is 14.6. The summed E-state index contributed by atoms with van der Waals surface area (Å²) in [7, 11) is 1.65. The third kappa shape index (κ3) is 15.3. The normalized spacial score (nSPS) is 13.9. The summed E-state index contributed by atoms with van der Waals surface area (Å²) in [4.78, 5) is 25.8. The van der Waals surface area contributed by atoms with Gasteiger partial charge in [0.1, 0.15) is 6.29 Å². The number of nitrogens with zero attached hydrogens (tertiary/aromatic N) is 1. The van der Waals surface area contributed by atoms with Gasteiger partial charge in [-0.25, -0.2) is 0 Å². The fourth-order valence-corrected chi connectivity index (χ4v) is 3.03. The number of aliphatic hydroxyl groups excluding tert-OH is 1. The van der Waals surface area contributed by atoms with Crippen LogP contribution in [0.1, 0.15) is 52.4 Å². The molecular formula is C23H43N3O4. The number of likely N-dealkylation sites (N-methyl/N-ethyl adjacent to an activating group) is 1. The van der Waals surface area contributed by atoms with E-state index in [-0.39, 0.29) is 12.5 Å². The lowest BCUT2D eigenvalue weighted by atomic mass is 10.1. The van der Waals surface area contributed by atoms with Crippen LogP contribution in [0.4, 0.5) is 0 Å². The molecule has 2 unspecified atom stereocenters. The molecule has 0 aromatic rings. The monoisotopic (exact) mass is 425 g/mol. The Morgan fingerprint density at radius 2 is 1.67 bits per heavy atom. The van der Waals surface area contributed by atoms with Gasteiger partial charge in [-0.1, -0.05) is 24.3 Å². The van der Waals surface area contributed by atoms with Gasteiger partial charge in [0.25, 0.3) is 0 Å². The molecule has 0 aromatic heterocycles. The van der Waals surface area contributed by atoms with E-state index in [2.05, 4.69) is 39.8 Å². The van der Waals surface area contributed by atoms with E-state index in [4.69, 9.17) is 9.84 Å². The average molecular weight is 426 g/mol. The maximum atomic E-state index is 12.1. The molecule has 0 saturated heterocycles. The molecule has 30 heavy (non-hydrogen) atoms. The van der Waals surface area contributed by atoms with E-state index in [9.17, 15) is 9.59 Å². The summed E-state index contributed by atoms with van der Waals surface area (Å²) in [5.74, 6) is -0.280.